The predicted octanol–water partition coefficient (Wildman–Crippen LogP) is 0.0295. The lowest BCUT2D eigenvalue weighted by molar-refractivity contribution is -0.157. The van der Waals surface area contributed by atoms with Gasteiger partial charge in [0.05, 0.1) is 19.0 Å². The van der Waals surface area contributed by atoms with Gasteiger partial charge in [-0.2, -0.15) is 4.72 Å². The molecule has 0 unspecified atom stereocenters. The van der Waals surface area contributed by atoms with Crippen LogP contribution in [0.15, 0.2) is 0 Å². The molecule has 19 heavy (non-hydrogen) atoms. The number of hydrogen-bond donors (Lipinski definition) is 1. The first-order chi connectivity index (χ1) is 8.87. The van der Waals surface area contributed by atoms with Crippen LogP contribution in [0.5, 0.6) is 0 Å². The van der Waals surface area contributed by atoms with Gasteiger partial charge in [-0.3, -0.25) is 0 Å². The normalized spacial score (nSPS) is 11.4. The van der Waals surface area contributed by atoms with E-state index < -0.39 is 28.0 Å². The second-order valence-electron chi connectivity index (χ2n) is 3.42. The molecule has 0 amide bonds. The van der Waals surface area contributed by atoms with Crippen LogP contribution in [-0.4, -0.2) is 51.2 Å². The highest BCUT2D eigenvalue weighted by atomic mass is 35.5. The molecular formula is C10H18ClNO6S. The van der Waals surface area contributed by atoms with Crippen molar-refractivity contribution >= 4 is 33.6 Å². The molecule has 0 aliphatic carbocycles. The molecule has 0 saturated heterocycles. The fourth-order valence-corrected chi connectivity index (χ4v) is 2.61. The Labute approximate surface area is 117 Å². The van der Waals surface area contributed by atoms with Crippen LogP contribution in [0.25, 0.3) is 0 Å². The first-order valence-corrected chi connectivity index (χ1v) is 7.95. The molecule has 0 aliphatic rings. The Kier molecular flexibility index (Phi) is 8.70. The van der Waals surface area contributed by atoms with Crippen LogP contribution in [-0.2, 0) is 29.1 Å². The third-order valence-electron chi connectivity index (χ3n) is 1.89. The first kappa shape index (κ1) is 18.1. The molecule has 1 N–H and O–H groups in total. The third kappa shape index (κ3) is 7.34. The summed E-state index contributed by atoms with van der Waals surface area (Å²) in [5.74, 6) is -2.11. The van der Waals surface area contributed by atoms with Crippen LogP contribution < -0.4 is 4.72 Å². The van der Waals surface area contributed by atoms with E-state index in [2.05, 4.69) is 9.47 Å². The fourth-order valence-electron chi connectivity index (χ4n) is 1.13. The number of sulfonamides is 1. The average molecular weight is 316 g/mol. The lowest BCUT2D eigenvalue weighted by Gasteiger charge is -2.15. The second-order valence-corrected chi connectivity index (χ2v) is 5.67. The van der Waals surface area contributed by atoms with Gasteiger partial charge in [-0.15, -0.1) is 11.6 Å². The Morgan fingerprint density at radius 1 is 1.16 bits per heavy atom. The SMILES string of the molecule is CCOC(=O)C(NS(=O)(=O)CCCCl)C(=O)OCC. The number of ether oxygens (including phenoxy) is 2. The zero-order chi connectivity index (χ0) is 14.9. The van der Waals surface area contributed by atoms with Crippen molar-refractivity contribution in [1.29, 1.82) is 0 Å². The van der Waals surface area contributed by atoms with Gasteiger partial charge in [0.25, 0.3) is 0 Å². The minimum Gasteiger partial charge on any atom is -0.464 e. The van der Waals surface area contributed by atoms with E-state index in [0.29, 0.717) is 0 Å². The van der Waals surface area contributed by atoms with Crippen LogP contribution in [0.4, 0.5) is 0 Å². The van der Waals surface area contributed by atoms with Crippen molar-refractivity contribution in [2.45, 2.75) is 26.3 Å². The summed E-state index contributed by atoms with van der Waals surface area (Å²) in [5.41, 5.74) is 0. The molecule has 0 aliphatic heterocycles. The van der Waals surface area contributed by atoms with Crippen molar-refractivity contribution in [3.63, 3.8) is 0 Å². The van der Waals surface area contributed by atoms with Crippen LogP contribution in [0, 0.1) is 0 Å². The number of alkyl halides is 1. The van der Waals surface area contributed by atoms with Crippen molar-refractivity contribution in [2.24, 2.45) is 0 Å². The lowest BCUT2D eigenvalue weighted by Crippen LogP contribution is -2.48. The summed E-state index contributed by atoms with van der Waals surface area (Å²) in [5, 5.41) is 0. The zero-order valence-corrected chi connectivity index (χ0v) is 12.4. The van der Waals surface area contributed by atoms with Crippen molar-refractivity contribution in [3.8, 4) is 0 Å². The van der Waals surface area contributed by atoms with Gasteiger partial charge in [0, 0.05) is 5.88 Å². The van der Waals surface area contributed by atoms with E-state index in [1.165, 1.54) is 0 Å². The molecule has 0 radical (unpaired) electrons. The maximum Gasteiger partial charge on any atom is 0.335 e. The summed E-state index contributed by atoms with van der Waals surface area (Å²) < 4.78 is 34.5. The number of carbonyl (C=O) groups excluding carboxylic acids is 2. The molecule has 0 aromatic heterocycles. The Morgan fingerprint density at radius 2 is 1.63 bits per heavy atom. The minimum atomic E-state index is -3.81. The van der Waals surface area contributed by atoms with E-state index in [9.17, 15) is 18.0 Å². The van der Waals surface area contributed by atoms with Crippen LogP contribution in [0.1, 0.15) is 20.3 Å². The number of nitrogens with one attached hydrogen (secondary N) is 1. The van der Waals surface area contributed by atoms with Gasteiger partial charge in [-0.05, 0) is 20.3 Å². The molecule has 0 atom stereocenters. The monoisotopic (exact) mass is 315 g/mol. The second kappa shape index (κ2) is 9.11. The number of hydrogen-bond acceptors (Lipinski definition) is 6. The van der Waals surface area contributed by atoms with Gasteiger partial charge >= 0.3 is 11.9 Å². The summed E-state index contributed by atoms with van der Waals surface area (Å²) in [6.07, 6.45) is 0.204. The van der Waals surface area contributed by atoms with Gasteiger partial charge in [0.1, 0.15) is 0 Å². The number of carbonyl (C=O) groups is 2. The Balaban J connectivity index is 4.84. The van der Waals surface area contributed by atoms with E-state index in [4.69, 9.17) is 11.6 Å². The third-order valence-corrected chi connectivity index (χ3v) is 3.58. The number of halogens is 1. The molecule has 0 saturated carbocycles. The number of esters is 2. The Hall–Kier alpha value is -0.860. The summed E-state index contributed by atoms with van der Waals surface area (Å²) in [6, 6.07) is -1.68. The summed E-state index contributed by atoms with van der Waals surface area (Å²) in [7, 11) is -3.81. The van der Waals surface area contributed by atoms with Crippen LogP contribution in [0.3, 0.4) is 0 Å². The Morgan fingerprint density at radius 3 is 2.00 bits per heavy atom. The summed E-state index contributed by atoms with van der Waals surface area (Å²) >= 11 is 5.39. The maximum atomic E-state index is 11.6. The quantitative estimate of drug-likeness (QED) is 0.366. The Bertz CT molecular complexity index is 379. The zero-order valence-electron chi connectivity index (χ0n) is 10.8. The predicted molar refractivity (Wildman–Crippen MR) is 69.3 cm³/mol. The summed E-state index contributed by atoms with van der Waals surface area (Å²) in [4.78, 5) is 23.1. The smallest absolute Gasteiger partial charge is 0.335 e. The lowest BCUT2D eigenvalue weighted by atomic mass is 10.3. The minimum absolute atomic E-state index is 0.0259. The maximum absolute atomic E-state index is 11.6. The topological polar surface area (TPSA) is 98.8 Å². The highest BCUT2D eigenvalue weighted by molar-refractivity contribution is 7.89. The molecule has 112 valence electrons. The van der Waals surface area contributed by atoms with Crippen molar-refractivity contribution in [3.05, 3.63) is 0 Å². The van der Waals surface area contributed by atoms with Crippen molar-refractivity contribution in [2.75, 3.05) is 24.8 Å². The first-order valence-electron chi connectivity index (χ1n) is 5.77. The number of rotatable bonds is 9. The largest absolute Gasteiger partial charge is 0.464 e. The molecule has 0 aromatic carbocycles. The molecule has 0 rings (SSSR count). The van der Waals surface area contributed by atoms with E-state index >= 15 is 0 Å². The van der Waals surface area contributed by atoms with Crippen LogP contribution in [0.2, 0.25) is 0 Å². The standard InChI is InChI=1S/C10H18ClNO6S/c1-3-17-9(13)8(10(14)18-4-2)12-19(15,16)7-5-6-11/h8,12H,3-7H2,1-2H3. The highest BCUT2D eigenvalue weighted by Gasteiger charge is 2.33. The van der Waals surface area contributed by atoms with Gasteiger partial charge in [-0.1, -0.05) is 0 Å². The van der Waals surface area contributed by atoms with Gasteiger partial charge < -0.3 is 9.47 Å². The fraction of sp³-hybridized carbons (Fsp3) is 0.800. The van der Waals surface area contributed by atoms with Gasteiger partial charge in [0.15, 0.2) is 0 Å². The summed E-state index contributed by atoms with van der Waals surface area (Å²) in [6.45, 7) is 3.14. The molecule has 0 aromatic rings. The van der Waals surface area contributed by atoms with Crippen molar-refractivity contribution < 1.29 is 27.5 Å². The average Bonchev–Trinajstić information content (AvgIpc) is 2.34. The van der Waals surface area contributed by atoms with E-state index in [0.717, 1.165) is 0 Å². The molecule has 9 heteroatoms. The van der Waals surface area contributed by atoms with Crippen molar-refractivity contribution in [1.82, 2.24) is 4.72 Å². The van der Waals surface area contributed by atoms with E-state index in [1.807, 2.05) is 4.72 Å². The van der Waals surface area contributed by atoms with E-state index in [1.54, 1.807) is 13.8 Å². The molecule has 7 nitrogen and oxygen atoms in total. The van der Waals surface area contributed by atoms with Gasteiger partial charge in [0.2, 0.25) is 16.1 Å². The molecule has 0 bridgehead atoms. The highest BCUT2D eigenvalue weighted by Crippen LogP contribution is 2.00. The molecule has 0 heterocycles. The van der Waals surface area contributed by atoms with E-state index in [-0.39, 0.29) is 31.3 Å². The molecule has 0 spiro atoms. The molecular weight excluding hydrogens is 298 g/mol. The molecule has 0 fully saturated rings. The van der Waals surface area contributed by atoms with Crippen LogP contribution >= 0.6 is 11.6 Å². The van der Waals surface area contributed by atoms with Gasteiger partial charge in [-0.25, -0.2) is 18.0 Å².